The Balaban J connectivity index is 0.000000206. The summed E-state index contributed by atoms with van der Waals surface area (Å²) in [5.74, 6) is -0.400. The van der Waals surface area contributed by atoms with Crippen molar-refractivity contribution in [1.29, 1.82) is 0 Å². The average Bonchev–Trinajstić information content (AvgIpc) is 2.69. The fourth-order valence-electron chi connectivity index (χ4n) is 2.08. The zero-order valence-corrected chi connectivity index (χ0v) is 16.3. The number of ether oxygens (including phenoxy) is 1. The number of hydrogen-bond acceptors (Lipinski definition) is 5. The van der Waals surface area contributed by atoms with Crippen molar-refractivity contribution < 1.29 is 9.53 Å². The molecule has 0 fully saturated rings. The first-order chi connectivity index (χ1) is 13.0. The van der Waals surface area contributed by atoms with Crippen molar-refractivity contribution in [3.63, 3.8) is 0 Å². The zero-order valence-electron chi connectivity index (χ0n) is 16.3. The van der Waals surface area contributed by atoms with Gasteiger partial charge >= 0.3 is 5.97 Å². The van der Waals surface area contributed by atoms with Crippen LogP contribution in [-0.4, -0.2) is 25.1 Å². The fourth-order valence-corrected chi connectivity index (χ4v) is 2.08. The summed E-state index contributed by atoms with van der Waals surface area (Å²) in [6, 6.07) is 20.9. The van der Waals surface area contributed by atoms with Crippen molar-refractivity contribution in [2.75, 3.05) is 25.2 Å². The number of nitrogens with zero attached hydrogens (tertiary/aromatic N) is 1. The predicted molar refractivity (Wildman–Crippen MR) is 112 cm³/mol. The van der Waals surface area contributed by atoms with E-state index in [1.54, 1.807) is 24.3 Å². The minimum Gasteiger partial charge on any atom is -0.465 e. The van der Waals surface area contributed by atoms with Gasteiger partial charge in [0, 0.05) is 30.3 Å². The lowest BCUT2D eigenvalue weighted by atomic mass is 10.2. The molecule has 142 valence electrons. The maximum absolute atomic E-state index is 10.9. The molecule has 0 aliphatic heterocycles. The van der Waals surface area contributed by atoms with E-state index in [4.69, 9.17) is 5.73 Å². The number of anilines is 2. The standard InChI is InChI=1S/C8H9NO2.2C7H9N/c1-11-8(10)6-4-2-3-5-7(6)9;1-6-3-4-8-7(2)5-6;1-8-7-5-3-2-4-6-7/h2-5H,9H2,1H3;3-5H,1-2H3;2-6,8H,1H3. The van der Waals surface area contributed by atoms with Crippen LogP contribution in [0.15, 0.2) is 72.9 Å². The summed E-state index contributed by atoms with van der Waals surface area (Å²) in [5.41, 5.74) is 9.88. The number of pyridine rings is 1. The minimum atomic E-state index is -0.400. The highest BCUT2D eigenvalue weighted by atomic mass is 16.5. The molecule has 3 rings (SSSR count). The number of rotatable bonds is 2. The maximum atomic E-state index is 10.9. The molecule has 0 unspecified atom stereocenters. The summed E-state index contributed by atoms with van der Waals surface area (Å²) in [7, 11) is 3.24. The van der Waals surface area contributed by atoms with Gasteiger partial charge in [-0.2, -0.15) is 0 Å². The van der Waals surface area contributed by atoms with Gasteiger partial charge in [0.25, 0.3) is 0 Å². The third kappa shape index (κ3) is 8.54. The minimum absolute atomic E-state index is 0.400. The maximum Gasteiger partial charge on any atom is 0.339 e. The molecular weight excluding hydrogens is 338 g/mol. The molecule has 5 nitrogen and oxygen atoms in total. The number of benzene rings is 2. The van der Waals surface area contributed by atoms with Crippen LogP contribution in [0.1, 0.15) is 21.6 Å². The molecule has 0 aliphatic carbocycles. The van der Waals surface area contributed by atoms with Crippen molar-refractivity contribution in [3.05, 3.63) is 89.7 Å². The highest BCUT2D eigenvalue weighted by Gasteiger charge is 2.06. The number of carbonyl (C=O) groups is 1. The Morgan fingerprint density at radius 2 is 1.63 bits per heavy atom. The van der Waals surface area contributed by atoms with Crippen LogP contribution < -0.4 is 11.1 Å². The summed E-state index contributed by atoms with van der Waals surface area (Å²) in [6.07, 6.45) is 1.82. The van der Waals surface area contributed by atoms with E-state index in [1.165, 1.54) is 12.7 Å². The van der Waals surface area contributed by atoms with E-state index in [0.29, 0.717) is 11.3 Å². The Labute approximate surface area is 161 Å². The largest absolute Gasteiger partial charge is 0.465 e. The van der Waals surface area contributed by atoms with Gasteiger partial charge in [0.05, 0.1) is 12.7 Å². The highest BCUT2D eigenvalue weighted by molar-refractivity contribution is 5.94. The second-order valence-electron chi connectivity index (χ2n) is 5.67. The summed E-state index contributed by atoms with van der Waals surface area (Å²) in [6.45, 7) is 4.06. The third-order valence-corrected chi connectivity index (χ3v) is 3.48. The van der Waals surface area contributed by atoms with Gasteiger partial charge in [-0.25, -0.2) is 4.79 Å². The van der Waals surface area contributed by atoms with Gasteiger partial charge < -0.3 is 15.8 Å². The molecule has 27 heavy (non-hydrogen) atoms. The lowest BCUT2D eigenvalue weighted by Crippen LogP contribution is -2.04. The number of nitrogens with one attached hydrogen (secondary N) is 1. The van der Waals surface area contributed by atoms with E-state index in [2.05, 4.69) is 28.0 Å². The molecule has 5 heteroatoms. The number of nitrogens with two attached hydrogens (primary N) is 1. The molecule has 1 heterocycles. The summed E-state index contributed by atoms with van der Waals surface area (Å²) < 4.78 is 4.50. The van der Waals surface area contributed by atoms with Crippen LogP contribution in [0.4, 0.5) is 11.4 Å². The Morgan fingerprint density at radius 1 is 1.00 bits per heavy atom. The smallest absolute Gasteiger partial charge is 0.339 e. The molecule has 0 bridgehead atoms. The topological polar surface area (TPSA) is 77.2 Å². The highest BCUT2D eigenvalue weighted by Crippen LogP contribution is 2.10. The first kappa shape index (κ1) is 21.7. The second kappa shape index (κ2) is 12.1. The van der Waals surface area contributed by atoms with Gasteiger partial charge in [-0.05, 0) is 55.8 Å². The average molecular weight is 365 g/mol. The normalized spacial score (nSPS) is 9.04. The lowest BCUT2D eigenvalue weighted by Gasteiger charge is -2.00. The predicted octanol–water partition coefficient (Wildman–Crippen LogP) is 4.48. The van der Waals surface area contributed by atoms with E-state index in [0.717, 1.165) is 11.4 Å². The summed E-state index contributed by atoms with van der Waals surface area (Å²) in [4.78, 5) is 15.0. The van der Waals surface area contributed by atoms with Crippen molar-refractivity contribution >= 4 is 17.3 Å². The first-order valence-electron chi connectivity index (χ1n) is 8.52. The molecule has 0 radical (unpaired) electrons. The van der Waals surface area contributed by atoms with E-state index in [-0.39, 0.29) is 0 Å². The van der Waals surface area contributed by atoms with Crippen LogP contribution >= 0.6 is 0 Å². The van der Waals surface area contributed by atoms with Crippen molar-refractivity contribution in [3.8, 4) is 0 Å². The number of carbonyl (C=O) groups excluding carboxylic acids is 1. The number of esters is 1. The Kier molecular flexibility index (Phi) is 9.71. The van der Waals surface area contributed by atoms with Crippen molar-refractivity contribution in [2.24, 2.45) is 0 Å². The van der Waals surface area contributed by atoms with Crippen LogP contribution in [0.3, 0.4) is 0 Å². The van der Waals surface area contributed by atoms with Crippen LogP contribution in [0, 0.1) is 13.8 Å². The molecule has 1 aromatic heterocycles. The van der Waals surface area contributed by atoms with Crippen LogP contribution in [-0.2, 0) is 4.74 Å². The Bertz CT molecular complexity index is 803. The van der Waals surface area contributed by atoms with Gasteiger partial charge in [-0.1, -0.05) is 30.3 Å². The number of hydrogen-bond donors (Lipinski definition) is 2. The van der Waals surface area contributed by atoms with Crippen LogP contribution in [0.5, 0.6) is 0 Å². The van der Waals surface area contributed by atoms with E-state index >= 15 is 0 Å². The second-order valence-corrected chi connectivity index (χ2v) is 5.67. The molecule has 2 aromatic carbocycles. The fraction of sp³-hybridized carbons (Fsp3) is 0.182. The Hall–Kier alpha value is -3.34. The third-order valence-electron chi connectivity index (χ3n) is 3.48. The van der Waals surface area contributed by atoms with Gasteiger partial charge in [-0.15, -0.1) is 0 Å². The number of nitrogen functional groups attached to an aromatic ring is 1. The molecule has 3 N–H and O–H groups in total. The van der Waals surface area contributed by atoms with E-state index in [1.807, 2.05) is 56.6 Å². The van der Waals surface area contributed by atoms with E-state index < -0.39 is 5.97 Å². The number of aromatic nitrogens is 1. The lowest BCUT2D eigenvalue weighted by molar-refractivity contribution is 0.0602. The van der Waals surface area contributed by atoms with Crippen molar-refractivity contribution in [1.82, 2.24) is 4.98 Å². The van der Waals surface area contributed by atoms with Gasteiger partial charge in [0.2, 0.25) is 0 Å². The van der Waals surface area contributed by atoms with Gasteiger partial charge in [0.1, 0.15) is 0 Å². The number of para-hydroxylation sites is 2. The molecule has 3 aromatic rings. The Morgan fingerprint density at radius 3 is 2.07 bits per heavy atom. The summed E-state index contributed by atoms with van der Waals surface area (Å²) in [5, 5.41) is 3.03. The number of aryl methyl sites for hydroxylation is 2. The molecule has 0 saturated heterocycles. The first-order valence-corrected chi connectivity index (χ1v) is 8.52. The molecule has 0 saturated carbocycles. The monoisotopic (exact) mass is 365 g/mol. The quantitative estimate of drug-likeness (QED) is 0.517. The molecule has 0 atom stereocenters. The summed E-state index contributed by atoms with van der Waals surface area (Å²) >= 11 is 0. The molecule has 0 spiro atoms. The van der Waals surface area contributed by atoms with Crippen molar-refractivity contribution in [2.45, 2.75) is 13.8 Å². The van der Waals surface area contributed by atoms with Crippen LogP contribution in [0.25, 0.3) is 0 Å². The molecule has 0 amide bonds. The molecular formula is C22H27N3O2. The van der Waals surface area contributed by atoms with Gasteiger partial charge in [0.15, 0.2) is 0 Å². The number of methoxy groups -OCH3 is 1. The molecule has 0 aliphatic rings. The van der Waals surface area contributed by atoms with E-state index in [9.17, 15) is 4.79 Å². The zero-order chi connectivity index (χ0) is 20.1. The van der Waals surface area contributed by atoms with Crippen LogP contribution in [0.2, 0.25) is 0 Å². The van der Waals surface area contributed by atoms with Gasteiger partial charge in [-0.3, -0.25) is 4.98 Å². The SMILES string of the molecule is CNc1ccccc1.COC(=O)c1ccccc1N.Cc1ccnc(C)c1.